The van der Waals surface area contributed by atoms with Crippen molar-refractivity contribution in [1.29, 1.82) is 0 Å². The number of methoxy groups -OCH3 is 1. The van der Waals surface area contributed by atoms with E-state index in [2.05, 4.69) is 33.4 Å². The molecule has 3 aromatic rings. The maximum absolute atomic E-state index is 12.3. The van der Waals surface area contributed by atoms with Crippen LogP contribution in [0.1, 0.15) is 54.8 Å². The number of pyridine rings is 1. The first-order chi connectivity index (χ1) is 17.4. The van der Waals surface area contributed by atoms with Crippen molar-refractivity contribution >= 4 is 23.1 Å². The minimum atomic E-state index is -0.798. The predicted octanol–water partition coefficient (Wildman–Crippen LogP) is 4.47. The van der Waals surface area contributed by atoms with E-state index in [1.807, 2.05) is 36.9 Å². The van der Waals surface area contributed by atoms with E-state index < -0.39 is 5.41 Å². The van der Waals surface area contributed by atoms with Crippen LogP contribution >= 0.6 is 11.6 Å². The average molecular weight is 506 g/mol. The molecule has 1 saturated heterocycles. The highest BCUT2D eigenvalue weighted by Gasteiger charge is 2.35. The van der Waals surface area contributed by atoms with Crippen LogP contribution in [0.25, 0.3) is 5.57 Å². The third-order valence-corrected chi connectivity index (χ3v) is 7.76. The van der Waals surface area contributed by atoms with Crippen molar-refractivity contribution in [2.45, 2.75) is 51.5 Å². The fourth-order valence-corrected chi connectivity index (χ4v) is 5.63. The number of aryl methyl sites for hydroxylation is 2. The van der Waals surface area contributed by atoms with Gasteiger partial charge in [0.05, 0.1) is 31.2 Å². The van der Waals surface area contributed by atoms with Gasteiger partial charge in [-0.1, -0.05) is 34.5 Å². The SMILES string of the molecule is COC(=O)C(C)(C)c1cnnn1CCN1CCC(=C2c3ccc(Cl)cc3CCc3cccnc32)CC1. The second-order valence-corrected chi connectivity index (χ2v) is 10.5. The molecule has 1 fully saturated rings. The Balaban J connectivity index is 1.34. The highest BCUT2D eigenvalue weighted by Crippen LogP contribution is 2.38. The molecule has 0 radical (unpaired) electrons. The number of benzene rings is 1. The van der Waals surface area contributed by atoms with Crippen molar-refractivity contribution in [3.63, 3.8) is 0 Å². The van der Waals surface area contributed by atoms with E-state index in [9.17, 15) is 4.79 Å². The lowest BCUT2D eigenvalue weighted by atomic mass is 9.88. The number of carbonyl (C=O) groups is 1. The van der Waals surface area contributed by atoms with E-state index in [-0.39, 0.29) is 5.97 Å². The zero-order valence-corrected chi connectivity index (χ0v) is 21.9. The molecule has 2 aromatic heterocycles. The molecule has 8 heteroatoms. The number of rotatable bonds is 5. The Bertz CT molecular complexity index is 1300. The Labute approximate surface area is 217 Å². The van der Waals surface area contributed by atoms with Gasteiger partial charge in [-0.15, -0.1) is 5.10 Å². The van der Waals surface area contributed by atoms with E-state index in [1.54, 1.807) is 6.20 Å². The summed E-state index contributed by atoms with van der Waals surface area (Å²) in [6.45, 7) is 7.14. The van der Waals surface area contributed by atoms with Crippen LogP contribution in [-0.4, -0.2) is 57.6 Å². The van der Waals surface area contributed by atoms with Gasteiger partial charge in [0.1, 0.15) is 5.41 Å². The van der Waals surface area contributed by atoms with Crippen molar-refractivity contribution in [3.8, 4) is 0 Å². The summed E-state index contributed by atoms with van der Waals surface area (Å²) in [6, 6.07) is 10.5. The molecule has 7 nitrogen and oxygen atoms in total. The van der Waals surface area contributed by atoms with E-state index in [4.69, 9.17) is 21.3 Å². The Morgan fingerprint density at radius 1 is 1.08 bits per heavy atom. The van der Waals surface area contributed by atoms with Gasteiger partial charge in [0.15, 0.2) is 0 Å². The summed E-state index contributed by atoms with van der Waals surface area (Å²) in [5.74, 6) is -0.292. The van der Waals surface area contributed by atoms with Crippen LogP contribution in [0.5, 0.6) is 0 Å². The van der Waals surface area contributed by atoms with Gasteiger partial charge >= 0.3 is 5.97 Å². The summed E-state index contributed by atoms with van der Waals surface area (Å²) < 4.78 is 6.82. The van der Waals surface area contributed by atoms with Crippen LogP contribution in [0.3, 0.4) is 0 Å². The lowest BCUT2D eigenvalue weighted by Crippen LogP contribution is -2.36. The molecule has 0 bridgehead atoms. The fraction of sp³-hybridized carbons (Fsp3) is 0.429. The van der Waals surface area contributed by atoms with Crippen molar-refractivity contribution in [3.05, 3.63) is 81.4 Å². The Kier molecular flexibility index (Phi) is 6.95. The molecule has 1 aliphatic heterocycles. The van der Waals surface area contributed by atoms with E-state index >= 15 is 0 Å². The van der Waals surface area contributed by atoms with Gasteiger partial charge in [-0.2, -0.15) is 0 Å². The zero-order valence-electron chi connectivity index (χ0n) is 21.1. The topological polar surface area (TPSA) is 73.1 Å². The molecule has 0 N–H and O–H groups in total. The maximum Gasteiger partial charge on any atom is 0.317 e. The van der Waals surface area contributed by atoms with Gasteiger partial charge < -0.3 is 9.64 Å². The molecule has 0 spiro atoms. The standard InChI is InChI=1S/C28H32ClN5O2/c1-28(2,27(35)36-3)24-18-31-32-34(24)16-15-33-13-10-19(11-14-33)25-23-9-8-22(29)17-21(23)7-6-20-5-4-12-30-26(20)25/h4-5,8-9,12,17-18H,6-7,10-11,13-16H2,1-3H3. The van der Waals surface area contributed by atoms with E-state index in [0.29, 0.717) is 6.54 Å². The Morgan fingerprint density at radius 2 is 1.86 bits per heavy atom. The van der Waals surface area contributed by atoms with Gasteiger partial charge in [0.2, 0.25) is 0 Å². The second-order valence-electron chi connectivity index (χ2n) is 10.1. The lowest BCUT2D eigenvalue weighted by molar-refractivity contribution is -0.146. The molecule has 1 aliphatic carbocycles. The summed E-state index contributed by atoms with van der Waals surface area (Å²) >= 11 is 6.36. The minimum absolute atomic E-state index is 0.292. The molecule has 1 aromatic carbocycles. The van der Waals surface area contributed by atoms with Gasteiger partial charge in [0, 0.05) is 36.4 Å². The number of likely N-dealkylation sites (tertiary alicyclic amines) is 1. The molecule has 3 heterocycles. The van der Waals surface area contributed by atoms with Gasteiger partial charge in [-0.3, -0.25) is 9.78 Å². The Hall–Kier alpha value is -3.03. The van der Waals surface area contributed by atoms with Crippen molar-refractivity contribution in [2.24, 2.45) is 0 Å². The first-order valence-corrected chi connectivity index (χ1v) is 12.9. The quantitative estimate of drug-likeness (QED) is 0.476. The van der Waals surface area contributed by atoms with Crippen LogP contribution in [0.15, 0.2) is 48.3 Å². The number of fused-ring (bicyclic) bond motifs is 2. The highest BCUT2D eigenvalue weighted by molar-refractivity contribution is 6.30. The van der Waals surface area contributed by atoms with E-state index in [1.165, 1.54) is 34.9 Å². The average Bonchev–Trinajstić information content (AvgIpc) is 3.31. The van der Waals surface area contributed by atoms with Crippen LogP contribution in [-0.2, 0) is 34.3 Å². The van der Waals surface area contributed by atoms with Crippen LogP contribution < -0.4 is 0 Å². The van der Waals surface area contributed by atoms with E-state index in [0.717, 1.165) is 61.7 Å². The molecule has 0 unspecified atom stereocenters. The normalized spacial score (nSPS) is 16.3. The molecular weight excluding hydrogens is 474 g/mol. The van der Waals surface area contributed by atoms with Crippen LogP contribution in [0.4, 0.5) is 0 Å². The smallest absolute Gasteiger partial charge is 0.317 e. The minimum Gasteiger partial charge on any atom is -0.468 e. The molecule has 0 amide bonds. The lowest BCUT2D eigenvalue weighted by Gasteiger charge is -2.30. The highest BCUT2D eigenvalue weighted by atomic mass is 35.5. The van der Waals surface area contributed by atoms with Crippen molar-refractivity contribution < 1.29 is 9.53 Å². The Morgan fingerprint density at radius 3 is 2.64 bits per heavy atom. The number of aromatic nitrogens is 4. The third kappa shape index (κ3) is 4.70. The van der Waals surface area contributed by atoms with Crippen molar-refractivity contribution in [2.75, 3.05) is 26.7 Å². The molecule has 5 rings (SSSR count). The number of esters is 1. The number of carbonyl (C=O) groups excluding carboxylic acids is 1. The number of halogens is 1. The van der Waals surface area contributed by atoms with Gasteiger partial charge in [0.25, 0.3) is 0 Å². The monoisotopic (exact) mass is 505 g/mol. The summed E-state index contributed by atoms with van der Waals surface area (Å²) in [5, 5.41) is 9.09. The number of ether oxygens (including phenoxy) is 1. The first-order valence-electron chi connectivity index (χ1n) is 12.5. The predicted molar refractivity (Wildman–Crippen MR) is 140 cm³/mol. The molecule has 0 saturated carbocycles. The molecular formula is C28H32ClN5O2. The number of piperidine rings is 1. The van der Waals surface area contributed by atoms with Gasteiger partial charge in [-0.05, 0) is 74.4 Å². The third-order valence-electron chi connectivity index (χ3n) is 7.52. The second kappa shape index (κ2) is 10.1. The molecule has 188 valence electrons. The van der Waals surface area contributed by atoms with Gasteiger partial charge in [-0.25, -0.2) is 4.68 Å². The van der Waals surface area contributed by atoms with Crippen LogP contribution in [0, 0.1) is 0 Å². The number of nitrogens with zero attached hydrogens (tertiary/aromatic N) is 5. The number of hydrogen-bond donors (Lipinski definition) is 0. The largest absolute Gasteiger partial charge is 0.468 e. The summed E-state index contributed by atoms with van der Waals surface area (Å²) in [5.41, 5.74) is 7.74. The maximum atomic E-state index is 12.3. The van der Waals surface area contributed by atoms with Crippen molar-refractivity contribution in [1.82, 2.24) is 24.9 Å². The molecule has 2 aliphatic rings. The van der Waals surface area contributed by atoms with Crippen LogP contribution in [0.2, 0.25) is 5.02 Å². The number of hydrogen-bond acceptors (Lipinski definition) is 6. The molecule has 0 atom stereocenters. The first kappa shape index (κ1) is 24.7. The fourth-order valence-electron chi connectivity index (χ4n) is 5.43. The summed E-state index contributed by atoms with van der Waals surface area (Å²) in [4.78, 5) is 19.6. The zero-order chi connectivity index (χ0) is 25.3. The summed E-state index contributed by atoms with van der Waals surface area (Å²) in [7, 11) is 1.41. The molecule has 36 heavy (non-hydrogen) atoms. The summed E-state index contributed by atoms with van der Waals surface area (Å²) in [6.07, 6.45) is 7.49.